The molecule has 15 heavy (non-hydrogen) atoms. The van der Waals surface area contributed by atoms with Crippen LogP contribution in [0.5, 0.6) is 0 Å². The summed E-state index contributed by atoms with van der Waals surface area (Å²) in [4.78, 5) is 2.20. The first-order chi connectivity index (χ1) is 7.29. The van der Waals surface area contributed by atoms with Crippen LogP contribution in [0.25, 0.3) is 0 Å². The minimum absolute atomic E-state index is 0.994. The average molecular weight is 210 g/mol. The van der Waals surface area contributed by atoms with Gasteiger partial charge in [-0.2, -0.15) is 0 Å². The van der Waals surface area contributed by atoms with Crippen molar-refractivity contribution in [2.45, 2.75) is 32.1 Å². The molecule has 0 bridgehead atoms. The zero-order valence-corrected chi connectivity index (χ0v) is 10.3. The van der Waals surface area contributed by atoms with E-state index in [1.807, 2.05) is 0 Å². The monoisotopic (exact) mass is 210 g/mol. The lowest BCUT2D eigenvalue weighted by molar-refractivity contribution is 0.348. The predicted molar refractivity (Wildman–Crippen MR) is 67.1 cm³/mol. The van der Waals surface area contributed by atoms with E-state index in [1.165, 1.54) is 45.2 Å². The zero-order chi connectivity index (χ0) is 10.9. The molecule has 0 radical (unpaired) electrons. The Labute approximate surface area is 94.7 Å². The van der Waals surface area contributed by atoms with Crippen LogP contribution in [0.2, 0.25) is 0 Å². The number of likely N-dealkylation sites (N-methyl/N-ethyl adjacent to an activating group) is 1. The first-order valence-electron chi connectivity index (χ1n) is 6.29. The fraction of sp³-hybridized carbons (Fsp3) is 0.846. The summed E-state index contributed by atoms with van der Waals surface area (Å²) in [5.41, 5.74) is 0. The number of nitrogens with one attached hydrogen (secondary N) is 1. The highest BCUT2D eigenvalue weighted by atomic mass is 15.0. The molecule has 0 saturated carbocycles. The lowest BCUT2D eigenvalue weighted by atomic mass is 9.92. The van der Waals surface area contributed by atoms with Gasteiger partial charge in [-0.1, -0.05) is 18.6 Å². The second-order valence-corrected chi connectivity index (χ2v) is 4.86. The van der Waals surface area contributed by atoms with Crippen molar-refractivity contribution in [3.63, 3.8) is 0 Å². The average Bonchev–Trinajstić information content (AvgIpc) is 2.24. The van der Waals surface area contributed by atoms with Crippen LogP contribution in [0.4, 0.5) is 0 Å². The van der Waals surface area contributed by atoms with Gasteiger partial charge in [0.05, 0.1) is 0 Å². The number of piperidine rings is 1. The molecule has 0 aromatic heterocycles. The van der Waals surface area contributed by atoms with Gasteiger partial charge in [-0.25, -0.2) is 0 Å². The molecule has 1 aliphatic rings. The molecular weight excluding hydrogens is 184 g/mol. The van der Waals surface area contributed by atoms with E-state index in [0.29, 0.717) is 0 Å². The molecule has 1 aliphatic heterocycles. The van der Waals surface area contributed by atoms with E-state index in [1.54, 1.807) is 0 Å². The molecule has 2 nitrogen and oxygen atoms in total. The van der Waals surface area contributed by atoms with E-state index in [0.717, 1.165) is 12.5 Å². The van der Waals surface area contributed by atoms with Crippen LogP contribution in [0.1, 0.15) is 32.1 Å². The van der Waals surface area contributed by atoms with E-state index < -0.39 is 0 Å². The highest BCUT2D eigenvalue weighted by Crippen LogP contribution is 2.18. The SMILES string of the molecule is CN(C)C/C=C/CCCC1CCNCC1. The number of hydrogen-bond acceptors (Lipinski definition) is 2. The Bertz CT molecular complexity index is 169. The molecular formula is C13H26N2. The standard InChI is InChI=1S/C13H26N2/c1-15(2)12-6-4-3-5-7-13-8-10-14-11-9-13/h4,6,13-14H,3,5,7-12H2,1-2H3/b6-4+. The van der Waals surface area contributed by atoms with Crippen molar-refractivity contribution in [2.24, 2.45) is 5.92 Å². The van der Waals surface area contributed by atoms with E-state index >= 15 is 0 Å². The molecule has 1 saturated heterocycles. The molecule has 0 atom stereocenters. The molecule has 1 heterocycles. The Morgan fingerprint density at radius 1 is 1.20 bits per heavy atom. The minimum atomic E-state index is 0.994. The number of nitrogens with zero attached hydrogens (tertiary/aromatic N) is 1. The van der Waals surface area contributed by atoms with Crippen LogP contribution in [0.15, 0.2) is 12.2 Å². The summed E-state index contributed by atoms with van der Waals surface area (Å²) >= 11 is 0. The van der Waals surface area contributed by atoms with E-state index in [9.17, 15) is 0 Å². The quantitative estimate of drug-likeness (QED) is 0.534. The maximum absolute atomic E-state index is 3.42. The number of unbranched alkanes of at least 4 members (excludes halogenated alkanes) is 1. The normalized spacial score (nSPS) is 19.1. The smallest absolute Gasteiger partial charge is 0.0157 e. The largest absolute Gasteiger partial charge is 0.317 e. The topological polar surface area (TPSA) is 15.3 Å². The lowest BCUT2D eigenvalue weighted by Gasteiger charge is -2.22. The molecule has 0 aromatic carbocycles. The number of rotatable bonds is 6. The van der Waals surface area contributed by atoms with Crippen LogP contribution in [-0.4, -0.2) is 38.6 Å². The summed E-state index contributed by atoms with van der Waals surface area (Å²) in [6.45, 7) is 3.55. The van der Waals surface area contributed by atoms with Crippen LogP contribution < -0.4 is 5.32 Å². The van der Waals surface area contributed by atoms with Crippen LogP contribution in [0.3, 0.4) is 0 Å². The Kier molecular flexibility index (Phi) is 6.69. The van der Waals surface area contributed by atoms with E-state index in [4.69, 9.17) is 0 Å². The van der Waals surface area contributed by atoms with Crippen LogP contribution in [0, 0.1) is 5.92 Å². The summed E-state index contributed by atoms with van der Waals surface area (Å²) < 4.78 is 0. The van der Waals surface area contributed by atoms with Gasteiger partial charge >= 0.3 is 0 Å². The van der Waals surface area contributed by atoms with Crippen molar-refractivity contribution in [2.75, 3.05) is 33.7 Å². The Hall–Kier alpha value is -0.340. The molecule has 88 valence electrons. The van der Waals surface area contributed by atoms with Gasteiger partial charge < -0.3 is 10.2 Å². The first-order valence-corrected chi connectivity index (χ1v) is 6.29. The summed E-state index contributed by atoms with van der Waals surface area (Å²) in [6, 6.07) is 0. The van der Waals surface area contributed by atoms with Gasteiger partial charge in [0.25, 0.3) is 0 Å². The fourth-order valence-electron chi connectivity index (χ4n) is 2.10. The van der Waals surface area contributed by atoms with Gasteiger partial charge in [0.15, 0.2) is 0 Å². The fourth-order valence-corrected chi connectivity index (χ4v) is 2.10. The third-order valence-corrected chi connectivity index (χ3v) is 3.08. The molecule has 1 fully saturated rings. The molecule has 0 unspecified atom stereocenters. The third kappa shape index (κ3) is 6.69. The van der Waals surface area contributed by atoms with Gasteiger partial charge in [0.1, 0.15) is 0 Å². The van der Waals surface area contributed by atoms with Crippen molar-refractivity contribution in [3.8, 4) is 0 Å². The first kappa shape index (κ1) is 12.7. The predicted octanol–water partition coefficient (Wildman–Crippen LogP) is 2.27. The van der Waals surface area contributed by atoms with Crippen molar-refractivity contribution in [1.82, 2.24) is 10.2 Å². The summed E-state index contributed by atoms with van der Waals surface area (Å²) in [7, 11) is 4.22. The summed E-state index contributed by atoms with van der Waals surface area (Å²) in [5, 5.41) is 3.42. The molecule has 0 amide bonds. The maximum Gasteiger partial charge on any atom is 0.0157 e. The molecule has 0 spiro atoms. The van der Waals surface area contributed by atoms with Gasteiger partial charge in [0.2, 0.25) is 0 Å². The number of hydrogen-bond donors (Lipinski definition) is 1. The van der Waals surface area contributed by atoms with Gasteiger partial charge in [-0.3, -0.25) is 0 Å². The highest BCUT2D eigenvalue weighted by Gasteiger charge is 2.11. The molecule has 0 aliphatic carbocycles. The molecule has 2 heteroatoms. The van der Waals surface area contributed by atoms with Crippen molar-refractivity contribution in [1.29, 1.82) is 0 Å². The van der Waals surface area contributed by atoms with Crippen LogP contribution in [-0.2, 0) is 0 Å². The second-order valence-electron chi connectivity index (χ2n) is 4.86. The second kappa shape index (κ2) is 7.89. The molecule has 1 rings (SSSR count). The Morgan fingerprint density at radius 3 is 2.60 bits per heavy atom. The minimum Gasteiger partial charge on any atom is -0.317 e. The maximum atomic E-state index is 3.42. The summed E-state index contributed by atoms with van der Waals surface area (Å²) in [6.07, 6.45) is 11.5. The van der Waals surface area contributed by atoms with Gasteiger partial charge in [-0.15, -0.1) is 0 Å². The zero-order valence-electron chi connectivity index (χ0n) is 10.3. The highest BCUT2D eigenvalue weighted by molar-refractivity contribution is 4.83. The molecule has 0 aromatic rings. The van der Waals surface area contributed by atoms with Crippen molar-refractivity contribution in [3.05, 3.63) is 12.2 Å². The van der Waals surface area contributed by atoms with Gasteiger partial charge in [-0.05, 0) is 58.8 Å². The van der Waals surface area contributed by atoms with E-state index in [2.05, 4.69) is 36.5 Å². The lowest BCUT2D eigenvalue weighted by Crippen LogP contribution is -2.27. The Morgan fingerprint density at radius 2 is 1.93 bits per heavy atom. The van der Waals surface area contributed by atoms with Crippen molar-refractivity contribution < 1.29 is 0 Å². The van der Waals surface area contributed by atoms with Gasteiger partial charge in [0, 0.05) is 6.54 Å². The number of allylic oxidation sites excluding steroid dienone is 1. The summed E-state index contributed by atoms with van der Waals surface area (Å²) in [5.74, 6) is 0.994. The van der Waals surface area contributed by atoms with Crippen molar-refractivity contribution >= 4 is 0 Å². The third-order valence-electron chi connectivity index (χ3n) is 3.08. The van der Waals surface area contributed by atoms with Crippen LogP contribution >= 0.6 is 0 Å². The van der Waals surface area contributed by atoms with E-state index in [-0.39, 0.29) is 0 Å². The Balaban J connectivity index is 1.93. The molecule has 1 N–H and O–H groups in total.